The predicted octanol–water partition coefficient (Wildman–Crippen LogP) is 4.29. The second kappa shape index (κ2) is 9.05. The molecular weight excluding hydrogens is 372 g/mol. The SMILES string of the molecule is CCC1CC2CC(C1)C(OC(=O)COC(=O)C(C)(CC)C(C)(C)C)C(C)OC2=O. The highest BCUT2D eigenvalue weighted by Crippen LogP contribution is 2.43. The molecule has 6 atom stereocenters. The molecule has 0 amide bonds. The van der Waals surface area contributed by atoms with Crippen LogP contribution in [0.3, 0.4) is 0 Å². The van der Waals surface area contributed by atoms with E-state index < -0.39 is 36.2 Å². The van der Waals surface area contributed by atoms with E-state index in [0.717, 1.165) is 19.3 Å². The molecule has 0 N–H and O–H groups in total. The van der Waals surface area contributed by atoms with Gasteiger partial charge in [-0.1, -0.05) is 41.0 Å². The van der Waals surface area contributed by atoms with Gasteiger partial charge in [-0.2, -0.15) is 0 Å². The minimum atomic E-state index is -0.691. The fraction of sp³-hybridized carbons (Fsp3) is 0.870. The number of rotatable bonds is 6. The molecule has 1 heterocycles. The molecule has 0 aromatic carbocycles. The molecule has 0 spiro atoms. The van der Waals surface area contributed by atoms with Crippen molar-refractivity contribution in [1.82, 2.24) is 0 Å². The number of cyclic esters (lactones) is 1. The summed E-state index contributed by atoms with van der Waals surface area (Å²) in [5.41, 5.74) is -0.984. The summed E-state index contributed by atoms with van der Waals surface area (Å²) in [7, 11) is 0. The van der Waals surface area contributed by atoms with Crippen LogP contribution < -0.4 is 0 Å². The Balaban J connectivity index is 2.01. The van der Waals surface area contributed by atoms with Crippen molar-refractivity contribution in [3.8, 4) is 0 Å². The number of esters is 3. The number of ether oxygens (including phenoxy) is 3. The second-order valence-electron chi connectivity index (χ2n) is 10.0. The van der Waals surface area contributed by atoms with Gasteiger partial charge in [0.05, 0.1) is 11.3 Å². The molecule has 29 heavy (non-hydrogen) atoms. The van der Waals surface area contributed by atoms with E-state index in [-0.39, 0.29) is 23.2 Å². The minimum Gasteiger partial charge on any atom is -0.458 e. The third-order valence-corrected chi connectivity index (χ3v) is 7.38. The first-order chi connectivity index (χ1) is 13.4. The standard InChI is InChI=1S/C23H38O6/c1-8-15-10-16-12-17(11-15)20(25)28-14(3)19(16)29-18(24)13-27-21(26)23(7,9-2)22(4,5)6/h14-17,19H,8-13H2,1-7H3. The zero-order chi connectivity index (χ0) is 22.0. The molecule has 2 bridgehead atoms. The van der Waals surface area contributed by atoms with E-state index >= 15 is 0 Å². The topological polar surface area (TPSA) is 78.9 Å². The summed E-state index contributed by atoms with van der Waals surface area (Å²) in [5.74, 6) is -0.749. The van der Waals surface area contributed by atoms with Gasteiger partial charge in [-0.25, -0.2) is 4.79 Å². The zero-order valence-electron chi connectivity index (χ0n) is 19.1. The summed E-state index contributed by atoms with van der Waals surface area (Å²) in [4.78, 5) is 37.5. The normalized spacial score (nSPS) is 31.8. The van der Waals surface area contributed by atoms with Gasteiger partial charge in [0, 0.05) is 5.92 Å². The molecule has 2 fully saturated rings. The van der Waals surface area contributed by atoms with Crippen molar-refractivity contribution < 1.29 is 28.6 Å². The van der Waals surface area contributed by atoms with Gasteiger partial charge in [0.15, 0.2) is 6.61 Å². The van der Waals surface area contributed by atoms with Crippen LogP contribution in [0, 0.1) is 28.6 Å². The Labute approximate surface area is 175 Å². The largest absolute Gasteiger partial charge is 0.458 e. The fourth-order valence-corrected chi connectivity index (χ4v) is 4.65. The van der Waals surface area contributed by atoms with E-state index in [0.29, 0.717) is 18.8 Å². The van der Waals surface area contributed by atoms with Gasteiger partial charge < -0.3 is 14.2 Å². The summed E-state index contributed by atoms with van der Waals surface area (Å²) in [6, 6.07) is 0. The van der Waals surface area contributed by atoms with Gasteiger partial charge in [0.1, 0.15) is 12.2 Å². The molecule has 1 saturated heterocycles. The fourth-order valence-electron chi connectivity index (χ4n) is 4.65. The average Bonchev–Trinajstić information content (AvgIpc) is 2.74. The van der Waals surface area contributed by atoms with Crippen LogP contribution in [0.5, 0.6) is 0 Å². The number of hydrogen-bond donors (Lipinski definition) is 0. The van der Waals surface area contributed by atoms with Crippen LogP contribution in [0.2, 0.25) is 0 Å². The minimum absolute atomic E-state index is 0.0929. The van der Waals surface area contributed by atoms with E-state index in [2.05, 4.69) is 6.92 Å². The molecule has 0 aromatic rings. The zero-order valence-corrected chi connectivity index (χ0v) is 19.1. The molecule has 2 aliphatic rings. The third-order valence-electron chi connectivity index (χ3n) is 7.38. The maximum Gasteiger partial charge on any atom is 0.344 e. The van der Waals surface area contributed by atoms with Crippen LogP contribution in [0.4, 0.5) is 0 Å². The van der Waals surface area contributed by atoms with Crippen LogP contribution in [0.1, 0.15) is 80.6 Å². The second-order valence-corrected chi connectivity index (χ2v) is 10.0. The molecule has 2 rings (SSSR count). The van der Waals surface area contributed by atoms with Crippen molar-refractivity contribution in [2.45, 2.75) is 92.8 Å². The lowest BCUT2D eigenvalue weighted by Gasteiger charge is -2.38. The van der Waals surface area contributed by atoms with Crippen molar-refractivity contribution >= 4 is 17.9 Å². The van der Waals surface area contributed by atoms with Gasteiger partial charge in [0.25, 0.3) is 0 Å². The smallest absolute Gasteiger partial charge is 0.344 e. The van der Waals surface area contributed by atoms with Crippen LogP contribution in [0.25, 0.3) is 0 Å². The Morgan fingerprint density at radius 2 is 1.76 bits per heavy atom. The number of carbonyl (C=O) groups excluding carboxylic acids is 3. The van der Waals surface area contributed by atoms with Crippen LogP contribution in [-0.4, -0.2) is 36.7 Å². The maximum atomic E-state index is 12.7. The lowest BCUT2D eigenvalue weighted by Crippen LogP contribution is -2.43. The average molecular weight is 411 g/mol. The molecule has 1 saturated carbocycles. The van der Waals surface area contributed by atoms with Crippen LogP contribution >= 0.6 is 0 Å². The van der Waals surface area contributed by atoms with Gasteiger partial charge in [-0.3, -0.25) is 9.59 Å². The van der Waals surface area contributed by atoms with Gasteiger partial charge in [-0.15, -0.1) is 0 Å². The summed E-state index contributed by atoms with van der Waals surface area (Å²) < 4.78 is 16.6. The Morgan fingerprint density at radius 1 is 1.10 bits per heavy atom. The molecule has 0 aromatic heterocycles. The Kier molecular flexibility index (Phi) is 7.39. The van der Waals surface area contributed by atoms with Crippen molar-refractivity contribution in [3.63, 3.8) is 0 Å². The Hall–Kier alpha value is -1.59. The summed E-state index contributed by atoms with van der Waals surface area (Å²) in [6.07, 6.45) is 3.07. The van der Waals surface area contributed by atoms with Crippen LogP contribution in [-0.2, 0) is 28.6 Å². The third kappa shape index (κ3) is 5.13. The van der Waals surface area contributed by atoms with Gasteiger partial charge >= 0.3 is 17.9 Å². The molecule has 1 aliphatic carbocycles. The maximum absolute atomic E-state index is 12.7. The van der Waals surface area contributed by atoms with Gasteiger partial charge in [0.2, 0.25) is 0 Å². The van der Waals surface area contributed by atoms with Gasteiger partial charge in [-0.05, 0) is 50.9 Å². The summed E-state index contributed by atoms with van der Waals surface area (Å²) in [6.45, 7) is 13.2. The Morgan fingerprint density at radius 3 is 2.31 bits per heavy atom. The molecule has 166 valence electrons. The number of fused-ring (bicyclic) bond motifs is 2. The molecule has 1 aliphatic heterocycles. The lowest BCUT2D eigenvalue weighted by molar-refractivity contribution is -0.178. The van der Waals surface area contributed by atoms with Crippen molar-refractivity contribution in [1.29, 1.82) is 0 Å². The monoisotopic (exact) mass is 410 g/mol. The number of hydrogen-bond acceptors (Lipinski definition) is 6. The quantitative estimate of drug-likeness (QED) is 0.480. The summed E-state index contributed by atoms with van der Waals surface area (Å²) >= 11 is 0. The first-order valence-electron chi connectivity index (χ1n) is 11.0. The van der Waals surface area contributed by atoms with E-state index in [1.54, 1.807) is 6.92 Å². The van der Waals surface area contributed by atoms with E-state index in [1.165, 1.54) is 0 Å². The highest BCUT2D eigenvalue weighted by Gasteiger charge is 2.46. The van der Waals surface area contributed by atoms with E-state index in [1.807, 2.05) is 34.6 Å². The highest BCUT2D eigenvalue weighted by molar-refractivity contribution is 5.81. The van der Waals surface area contributed by atoms with E-state index in [4.69, 9.17) is 14.2 Å². The first-order valence-corrected chi connectivity index (χ1v) is 11.0. The lowest BCUT2D eigenvalue weighted by atomic mass is 9.66. The predicted molar refractivity (Wildman–Crippen MR) is 109 cm³/mol. The van der Waals surface area contributed by atoms with Crippen molar-refractivity contribution in [2.75, 3.05) is 6.61 Å². The van der Waals surface area contributed by atoms with Crippen LogP contribution in [0.15, 0.2) is 0 Å². The molecule has 0 radical (unpaired) electrons. The Bertz CT molecular complexity index is 621. The number of carbonyl (C=O) groups is 3. The molecule has 6 heteroatoms. The molecule has 6 nitrogen and oxygen atoms in total. The van der Waals surface area contributed by atoms with Crippen molar-refractivity contribution in [3.05, 3.63) is 0 Å². The summed E-state index contributed by atoms with van der Waals surface area (Å²) in [5, 5.41) is 0. The highest BCUT2D eigenvalue weighted by atomic mass is 16.6. The van der Waals surface area contributed by atoms with E-state index in [9.17, 15) is 14.4 Å². The van der Waals surface area contributed by atoms with Crippen molar-refractivity contribution in [2.24, 2.45) is 28.6 Å². The molecular formula is C23H38O6. The molecule has 6 unspecified atom stereocenters. The first kappa shape index (κ1) is 23.7.